The quantitative estimate of drug-likeness (QED) is 0.298. The van der Waals surface area contributed by atoms with Crippen LogP contribution in [0.15, 0.2) is 54.6 Å². The fraction of sp³-hybridized carbons (Fsp3) is 0.355. The lowest BCUT2D eigenvalue weighted by Crippen LogP contribution is -2.30. The fourth-order valence-electron chi connectivity index (χ4n) is 4.48. The number of carboxylic acid groups (broad SMARTS) is 1. The minimum atomic E-state index is -0.929. The molecular weight excluding hydrogens is 469 g/mol. The molecule has 0 bridgehead atoms. The molecule has 37 heavy (non-hydrogen) atoms. The molecule has 5 nitrogen and oxygen atoms in total. The van der Waals surface area contributed by atoms with Crippen LogP contribution in [0.4, 0.5) is 4.39 Å². The first-order chi connectivity index (χ1) is 17.5. The molecular formula is C31H36FNO4. The molecule has 0 spiro atoms. The van der Waals surface area contributed by atoms with Crippen molar-refractivity contribution in [2.24, 2.45) is 5.92 Å². The number of benzene rings is 3. The Bertz CT molecular complexity index is 1250. The Hall–Kier alpha value is -3.67. The number of amides is 1. The van der Waals surface area contributed by atoms with Gasteiger partial charge in [-0.25, -0.2) is 4.39 Å². The normalized spacial score (nSPS) is 11.9. The lowest BCUT2D eigenvalue weighted by atomic mass is 9.93. The Morgan fingerprint density at radius 2 is 1.68 bits per heavy atom. The predicted molar refractivity (Wildman–Crippen MR) is 143 cm³/mol. The summed E-state index contributed by atoms with van der Waals surface area (Å²) in [5, 5.41) is 12.4. The number of rotatable bonds is 11. The van der Waals surface area contributed by atoms with Crippen molar-refractivity contribution in [3.8, 4) is 5.75 Å². The first-order valence-corrected chi connectivity index (χ1v) is 12.6. The van der Waals surface area contributed by atoms with Crippen LogP contribution in [0.25, 0.3) is 0 Å². The standard InChI is InChI=1S/C31H36FNO4/c1-19(2)13-29(25-15-20(3)14-21(4)16-25)33-31(36)27-17-26(11-9-23(27)10-12-30(34)35)37-18-24-7-6-8-28(32)22(24)5/h6-9,11,14-17,19,29H,10,12-13,18H2,1-5H3,(H,33,36)(H,34,35). The Kier molecular flexibility index (Phi) is 9.45. The summed E-state index contributed by atoms with van der Waals surface area (Å²) in [6.45, 7) is 10.2. The van der Waals surface area contributed by atoms with Crippen LogP contribution in [0.1, 0.15) is 76.5 Å². The molecule has 3 rings (SSSR count). The maximum atomic E-state index is 13.9. The number of carboxylic acids is 1. The number of carbonyl (C=O) groups excluding carboxylic acids is 1. The van der Waals surface area contributed by atoms with Gasteiger partial charge in [-0.1, -0.05) is 61.4 Å². The molecule has 0 aliphatic carbocycles. The second-order valence-electron chi connectivity index (χ2n) is 10.1. The number of halogens is 1. The van der Waals surface area contributed by atoms with Gasteiger partial charge >= 0.3 is 5.97 Å². The smallest absolute Gasteiger partial charge is 0.303 e. The first-order valence-electron chi connectivity index (χ1n) is 12.6. The predicted octanol–water partition coefficient (Wildman–Crippen LogP) is 6.86. The average molecular weight is 506 g/mol. The van der Waals surface area contributed by atoms with Crippen LogP contribution in [-0.2, 0) is 17.8 Å². The van der Waals surface area contributed by atoms with Crippen LogP contribution in [-0.4, -0.2) is 17.0 Å². The van der Waals surface area contributed by atoms with Gasteiger partial charge in [0.1, 0.15) is 18.2 Å². The Morgan fingerprint density at radius 1 is 0.973 bits per heavy atom. The molecule has 0 heterocycles. The lowest BCUT2D eigenvalue weighted by molar-refractivity contribution is -0.136. The molecule has 0 aliphatic rings. The van der Waals surface area contributed by atoms with Gasteiger partial charge in [0.25, 0.3) is 5.91 Å². The second-order valence-corrected chi connectivity index (χ2v) is 10.1. The highest BCUT2D eigenvalue weighted by Crippen LogP contribution is 2.26. The van der Waals surface area contributed by atoms with Crippen LogP contribution >= 0.6 is 0 Å². The average Bonchev–Trinajstić information content (AvgIpc) is 2.82. The molecule has 1 unspecified atom stereocenters. The molecule has 3 aromatic rings. The zero-order chi connectivity index (χ0) is 27.1. The molecule has 3 aromatic carbocycles. The summed E-state index contributed by atoms with van der Waals surface area (Å²) in [5.41, 5.74) is 5.55. The number of ether oxygens (including phenoxy) is 1. The molecule has 6 heteroatoms. The van der Waals surface area contributed by atoms with Gasteiger partial charge in [-0.15, -0.1) is 0 Å². The van der Waals surface area contributed by atoms with Gasteiger partial charge in [-0.05, 0) is 80.0 Å². The summed E-state index contributed by atoms with van der Waals surface area (Å²) < 4.78 is 19.8. The number of hydrogen-bond donors (Lipinski definition) is 2. The van der Waals surface area contributed by atoms with Crippen molar-refractivity contribution in [2.75, 3.05) is 0 Å². The summed E-state index contributed by atoms with van der Waals surface area (Å²) >= 11 is 0. The Labute approximate surface area is 218 Å². The molecule has 196 valence electrons. The summed E-state index contributed by atoms with van der Waals surface area (Å²) in [7, 11) is 0. The SMILES string of the molecule is Cc1cc(C)cc(C(CC(C)C)NC(=O)c2cc(OCc3cccc(F)c3C)ccc2CCC(=O)O)c1. The van der Waals surface area contributed by atoms with E-state index in [2.05, 4.69) is 37.4 Å². The van der Waals surface area contributed by atoms with Crippen LogP contribution in [0.3, 0.4) is 0 Å². The van der Waals surface area contributed by atoms with E-state index >= 15 is 0 Å². The maximum Gasteiger partial charge on any atom is 0.303 e. The fourth-order valence-corrected chi connectivity index (χ4v) is 4.48. The van der Waals surface area contributed by atoms with E-state index in [1.807, 2.05) is 13.8 Å². The first kappa shape index (κ1) is 27.9. The minimum absolute atomic E-state index is 0.0878. The van der Waals surface area contributed by atoms with Gasteiger partial charge in [0.2, 0.25) is 0 Å². The molecule has 0 aromatic heterocycles. The topological polar surface area (TPSA) is 75.6 Å². The van der Waals surface area contributed by atoms with Crippen LogP contribution in [0, 0.1) is 32.5 Å². The van der Waals surface area contributed by atoms with Gasteiger partial charge in [-0.3, -0.25) is 9.59 Å². The summed E-state index contributed by atoms with van der Waals surface area (Å²) in [5.74, 6) is -0.701. The van der Waals surface area contributed by atoms with E-state index in [0.29, 0.717) is 33.9 Å². The summed E-state index contributed by atoms with van der Waals surface area (Å²) in [6, 6.07) is 16.0. The van der Waals surface area contributed by atoms with E-state index in [-0.39, 0.29) is 37.2 Å². The third-order valence-corrected chi connectivity index (χ3v) is 6.37. The van der Waals surface area contributed by atoms with Crippen LogP contribution < -0.4 is 10.1 Å². The van der Waals surface area contributed by atoms with E-state index in [1.54, 1.807) is 37.3 Å². The molecule has 1 atom stereocenters. The second kappa shape index (κ2) is 12.5. The number of aryl methyl sites for hydroxylation is 3. The van der Waals surface area contributed by atoms with Crippen molar-refractivity contribution in [3.05, 3.63) is 99.4 Å². The molecule has 2 N–H and O–H groups in total. The number of nitrogens with one attached hydrogen (secondary N) is 1. The molecule has 0 saturated carbocycles. The molecule has 0 radical (unpaired) electrons. The lowest BCUT2D eigenvalue weighted by Gasteiger charge is -2.23. The van der Waals surface area contributed by atoms with Crippen molar-refractivity contribution in [1.82, 2.24) is 5.32 Å². The monoisotopic (exact) mass is 505 g/mol. The summed E-state index contributed by atoms with van der Waals surface area (Å²) in [4.78, 5) is 24.8. The van der Waals surface area contributed by atoms with E-state index in [4.69, 9.17) is 4.74 Å². The highest BCUT2D eigenvalue weighted by molar-refractivity contribution is 5.96. The van der Waals surface area contributed by atoms with Crippen molar-refractivity contribution in [3.63, 3.8) is 0 Å². The Balaban J connectivity index is 1.90. The third-order valence-electron chi connectivity index (χ3n) is 6.37. The highest BCUT2D eigenvalue weighted by Gasteiger charge is 2.21. The minimum Gasteiger partial charge on any atom is -0.489 e. The van der Waals surface area contributed by atoms with Gasteiger partial charge in [0.05, 0.1) is 6.04 Å². The van der Waals surface area contributed by atoms with E-state index in [1.165, 1.54) is 6.07 Å². The Morgan fingerprint density at radius 3 is 2.32 bits per heavy atom. The van der Waals surface area contributed by atoms with Crippen molar-refractivity contribution < 1.29 is 23.8 Å². The van der Waals surface area contributed by atoms with Crippen LogP contribution in [0.2, 0.25) is 0 Å². The van der Waals surface area contributed by atoms with Crippen LogP contribution in [0.5, 0.6) is 5.75 Å². The number of aliphatic carboxylic acids is 1. The molecule has 0 saturated heterocycles. The molecule has 0 fully saturated rings. The van der Waals surface area contributed by atoms with Crippen molar-refractivity contribution in [2.45, 2.75) is 66.5 Å². The summed E-state index contributed by atoms with van der Waals surface area (Å²) in [6.07, 6.45) is 0.892. The third kappa shape index (κ3) is 7.91. The maximum absolute atomic E-state index is 13.9. The zero-order valence-corrected chi connectivity index (χ0v) is 22.2. The van der Waals surface area contributed by atoms with E-state index in [9.17, 15) is 19.1 Å². The molecule has 0 aliphatic heterocycles. The van der Waals surface area contributed by atoms with Gasteiger partial charge in [0.15, 0.2) is 0 Å². The number of carbonyl (C=O) groups is 2. The van der Waals surface area contributed by atoms with Gasteiger partial charge in [-0.2, -0.15) is 0 Å². The largest absolute Gasteiger partial charge is 0.489 e. The number of hydrogen-bond acceptors (Lipinski definition) is 3. The highest BCUT2D eigenvalue weighted by atomic mass is 19.1. The molecule has 1 amide bonds. The van der Waals surface area contributed by atoms with Gasteiger partial charge < -0.3 is 15.2 Å². The van der Waals surface area contributed by atoms with E-state index in [0.717, 1.165) is 23.1 Å². The van der Waals surface area contributed by atoms with Gasteiger partial charge in [0, 0.05) is 12.0 Å². The van der Waals surface area contributed by atoms with E-state index < -0.39 is 5.97 Å². The van der Waals surface area contributed by atoms with Crippen molar-refractivity contribution >= 4 is 11.9 Å². The van der Waals surface area contributed by atoms with Crippen molar-refractivity contribution in [1.29, 1.82) is 0 Å². The zero-order valence-electron chi connectivity index (χ0n) is 22.2.